The maximum Gasteiger partial charge on any atom is 0.0958 e. The summed E-state index contributed by atoms with van der Waals surface area (Å²) >= 11 is 0. The molecule has 1 aromatic heterocycles. The van der Waals surface area contributed by atoms with Crippen LogP contribution in [0.15, 0.2) is 71.9 Å². The number of aliphatic imine (C=N–C) groups is 1. The number of fused-ring (bicyclic) bond motifs is 1. The van der Waals surface area contributed by atoms with E-state index in [2.05, 4.69) is 34.2 Å². The van der Waals surface area contributed by atoms with Crippen LogP contribution >= 0.6 is 0 Å². The Hall–Kier alpha value is -2.48. The summed E-state index contributed by atoms with van der Waals surface area (Å²) in [5.74, 6) is 0. The molecule has 3 aromatic rings. The topological polar surface area (TPSA) is 25.2 Å². The molecule has 0 spiro atoms. The monoisotopic (exact) mass is 246 g/mol. The van der Waals surface area contributed by atoms with Crippen molar-refractivity contribution in [2.24, 2.45) is 4.99 Å². The minimum Gasteiger partial charge on any atom is -0.259 e. The smallest absolute Gasteiger partial charge is 0.0958 e. The fourth-order valence-corrected chi connectivity index (χ4v) is 2.06. The number of para-hydroxylation sites is 1. The molecule has 0 aliphatic rings. The fourth-order valence-electron chi connectivity index (χ4n) is 2.06. The summed E-state index contributed by atoms with van der Waals surface area (Å²) in [7, 11) is 0. The van der Waals surface area contributed by atoms with Gasteiger partial charge >= 0.3 is 0 Å². The summed E-state index contributed by atoms with van der Waals surface area (Å²) in [5, 5.41) is 1.12. The minimum atomic E-state index is 0.837. The van der Waals surface area contributed by atoms with Crippen molar-refractivity contribution in [1.29, 1.82) is 0 Å². The highest BCUT2D eigenvalue weighted by molar-refractivity contribution is 5.90. The molecule has 92 valence electrons. The van der Waals surface area contributed by atoms with Gasteiger partial charge in [-0.1, -0.05) is 48.5 Å². The third-order valence-electron chi connectivity index (χ3n) is 3.01. The molecule has 0 atom stereocenters. The Morgan fingerprint density at radius 3 is 2.63 bits per heavy atom. The molecule has 0 bridgehead atoms. The van der Waals surface area contributed by atoms with Gasteiger partial charge in [-0.3, -0.25) is 9.98 Å². The van der Waals surface area contributed by atoms with Gasteiger partial charge in [-0.2, -0.15) is 0 Å². The van der Waals surface area contributed by atoms with E-state index in [9.17, 15) is 0 Å². The highest BCUT2D eigenvalue weighted by Crippen LogP contribution is 2.22. The molecule has 3 rings (SSSR count). The molecule has 0 unspecified atom stereocenters. The van der Waals surface area contributed by atoms with Crippen molar-refractivity contribution in [3.8, 4) is 0 Å². The molecule has 2 aromatic carbocycles. The van der Waals surface area contributed by atoms with Crippen LogP contribution in [0.1, 0.15) is 5.56 Å². The third-order valence-corrected chi connectivity index (χ3v) is 3.01. The molecule has 0 saturated heterocycles. The van der Waals surface area contributed by atoms with Gasteiger partial charge in [-0.15, -0.1) is 0 Å². The van der Waals surface area contributed by atoms with Gasteiger partial charge in [0.15, 0.2) is 0 Å². The van der Waals surface area contributed by atoms with Crippen molar-refractivity contribution in [1.82, 2.24) is 4.98 Å². The highest BCUT2D eigenvalue weighted by atomic mass is 14.8. The average molecular weight is 246 g/mol. The van der Waals surface area contributed by atoms with Gasteiger partial charge in [0.05, 0.1) is 11.2 Å². The van der Waals surface area contributed by atoms with Gasteiger partial charge in [-0.25, -0.2) is 0 Å². The van der Waals surface area contributed by atoms with Crippen molar-refractivity contribution in [2.45, 2.75) is 6.42 Å². The quantitative estimate of drug-likeness (QED) is 0.636. The third kappa shape index (κ3) is 2.68. The zero-order chi connectivity index (χ0) is 12.9. The van der Waals surface area contributed by atoms with Gasteiger partial charge in [0, 0.05) is 24.2 Å². The van der Waals surface area contributed by atoms with Crippen LogP contribution in [0.3, 0.4) is 0 Å². The van der Waals surface area contributed by atoms with Crippen molar-refractivity contribution in [3.05, 3.63) is 72.4 Å². The van der Waals surface area contributed by atoms with E-state index in [0.717, 1.165) is 23.0 Å². The summed E-state index contributed by atoms with van der Waals surface area (Å²) in [6.45, 7) is 0. The molecule has 0 N–H and O–H groups in total. The lowest BCUT2D eigenvalue weighted by Crippen LogP contribution is -1.85. The zero-order valence-corrected chi connectivity index (χ0v) is 10.5. The minimum absolute atomic E-state index is 0.837. The van der Waals surface area contributed by atoms with Crippen molar-refractivity contribution < 1.29 is 0 Å². The summed E-state index contributed by atoms with van der Waals surface area (Å²) < 4.78 is 0. The van der Waals surface area contributed by atoms with Crippen LogP contribution in [0.5, 0.6) is 0 Å². The molecule has 0 aliphatic carbocycles. The van der Waals surface area contributed by atoms with Crippen LogP contribution in [0.2, 0.25) is 0 Å². The Bertz CT molecular complexity index is 697. The Kier molecular flexibility index (Phi) is 3.32. The molecule has 1 heterocycles. The number of aromatic nitrogens is 1. The molecular weight excluding hydrogens is 232 g/mol. The van der Waals surface area contributed by atoms with E-state index in [4.69, 9.17) is 0 Å². The van der Waals surface area contributed by atoms with Crippen LogP contribution in [0.25, 0.3) is 10.9 Å². The standard InChI is InChI=1S/C17H14N2/c1-2-6-14(7-3-1)11-13-18-16-10-4-8-15-9-5-12-19-17(15)16/h1-10,12-13H,11H2. The Labute approximate surface area is 112 Å². The van der Waals surface area contributed by atoms with E-state index < -0.39 is 0 Å². The second-order valence-electron chi connectivity index (χ2n) is 4.35. The van der Waals surface area contributed by atoms with E-state index in [-0.39, 0.29) is 0 Å². The van der Waals surface area contributed by atoms with E-state index in [0.29, 0.717) is 0 Å². The number of hydrogen-bond acceptors (Lipinski definition) is 2. The summed E-state index contributed by atoms with van der Waals surface area (Å²) in [5.41, 5.74) is 3.14. The van der Waals surface area contributed by atoms with Gasteiger partial charge in [0.1, 0.15) is 0 Å². The Balaban J connectivity index is 1.85. The molecule has 2 heteroatoms. The maximum absolute atomic E-state index is 4.54. The normalized spacial score (nSPS) is 11.2. The first-order valence-corrected chi connectivity index (χ1v) is 6.34. The SMILES string of the molecule is C(Cc1ccccc1)=Nc1cccc2cccnc12. The lowest BCUT2D eigenvalue weighted by atomic mass is 10.1. The number of nitrogens with zero attached hydrogens (tertiary/aromatic N) is 2. The van der Waals surface area contributed by atoms with Crippen LogP contribution < -0.4 is 0 Å². The average Bonchev–Trinajstić information content (AvgIpc) is 2.49. The van der Waals surface area contributed by atoms with Crippen molar-refractivity contribution >= 4 is 22.8 Å². The molecule has 0 aliphatic heterocycles. The van der Waals surface area contributed by atoms with Gasteiger partial charge in [0.25, 0.3) is 0 Å². The zero-order valence-electron chi connectivity index (χ0n) is 10.5. The Morgan fingerprint density at radius 1 is 0.895 bits per heavy atom. The fraction of sp³-hybridized carbons (Fsp3) is 0.0588. The summed E-state index contributed by atoms with van der Waals surface area (Å²) in [6, 6.07) is 20.4. The first-order chi connectivity index (χ1) is 9.43. The Morgan fingerprint density at radius 2 is 1.74 bits per heavy atom. The number of hydrogen-bond donors (Lipinski definition) is 0. The van der Waals surface area contributed by atoms with Crippen molar-refractivity contribution in [2.75, 3.05) is 0 Å². The van der Waals surface area contributed by atoms with Gasteiger partial charge < -0.3 is 0 Å². The molecule has 0 radical (unpaired) electrons. The first kappa shape index (κ1) is 11.6. The molecule has 0 amide bonds. The number of rotatable bonds is 3. The van der Waals surface area contributed by atoms with Gasteiger partial charge in [0.2, 0.25) is 0 Å². The van der Waals surface area contributed by atoms with Gasteiger partial charge in [-0.05, 0) is 17.7 Å². The molecule has 0 fully saturated rings. The van der Waals surface area contributed by atoms with E-state index in [1.54, 1.807) is 6.20 Å². The molecule has 19 heavy (non-hydrogen) atoms. The molecule has 0 saturated carbocycles. The summed E-state index contributed by atoms with van der Waals surface area (Å²) in [6.07, 6.45) is 4.58. The highest BCUT2D eigenvalue weighted by Gasteiger charge is 1.98. The van der Waals surface area contributed by atoms with E-state index in [1.807, 2.05) is 42.6 Å². The van der Waals surface area contributed by atoms with Crippen LogP contribution in [0, 0.1) is 0 Å². The maximum atomic E-state index is 4.54. The first-order valence-electron chi connectivity index (χ1n) is 6.34. The second-order valence-corrected chi connectivity index (χ2v) is 4.35. The molecular formula is C17H14N2. The predicted molar refractivity (Wildman–Crippen MR) is 80.0 cm³/mol. The van der Waals surface area contributed by atoms with Crippen LogP contribution in [0.4, 0.5) is 5.69 Å². The van der Waals surface area contributed by atoms with Crippen LogP contribution in [-0.4, -0.2) is 11.2 Å². The van der Waals surface area contributed by atoms with Crippen LogP contribution in [-0.2, 0) is 6.42 Å². The lowest BCUT2D eigenvalue weighted by molar-refractivity contribution is 1.34. The predicted octanol–water partition coefficient (Wildman–Crippen LogP) is 4.18. The lowest BCUT2D eigenvalue weighted by Gasteiger charge is -2.00. The second kappa shape index (κ2) is 5.44. The number of benzene rings is 2. The summed E-state index contributed by atoms with van der Waals surface area (Å²) in [4.78, 5) is 8.94. The van der Waals surface area contributed by atoms with Crippen molar-refractivity contribution in [3.63, 3.8) is 0 Å². The van der Waals surface area contributed by atoms with E-state index >= 15 is 0 Å². The van der Waals surface area contributed by atoms with E-state index in [1.165, 1.54) is 5.56 Å². The molecule has 2 nitrogen and oxygen atoms in total. The number of pyridine rings is 1. The largest absolute Gasteiger partial charge is 0.259 e.